The first kappa shape index (κ1) is 20.3. The Kier molecular flexibility index (Phi) is 13.6. The second-order valence-corrected chi connectivity index (χ2v) is 13.9. The van der Waals surface area contributed by atoms with E-state index in [0.717, 1.165) is 23.8 Å². The molecule has 1 N–H and O–H groups in total. The molecule has 0 aliphatic heterocycles. The monoisotopic (exact) mass is 363 g/mol. The molecule has 0 saturated carbocycles. The third-order valence-corrected chi connectivity index (χ3v) is 14.2. The quantitative estimate of drug-likeness (QED) is 0.526. The predicted molar refractivity (Wildman–Crippen MR) is 82.5 cm³/mol. The van der Waals surface area contributed by atoms with Crippen molar-refractivity contribution in [1.82, 2.24) is 0 Å². The molecule has 0 aliphatic rings. The SMILES string of the molecule is C=CC(=O)O.CC(C)[CH2][Sn]([CH2]C(C)C)[CH2]C(C)C. The summed E-state index contributed by atoms with van der Waals surface area (Å²) in [6.07, 6.45) is 0.833. The first-order chi connectivity index (χ1) is 8.18. The van der Waals surface area contributed by atoms with Crippen LogP contribution in [0.15, 0.2) is 12.7 Å². The standard InChI is InChI=1S/3C4H9.C3H4O2.Sn/c3*1-4(2)3;1-2-3(4)5;/h3*4H,1H2,2-3H3;2H,1H2,(H,4,5);. The molecule has 0 atom stereocenters. The first-order valence-corrected chi connectivity index (χ1v) is 12.9. The van der Waals surface area contributed by atoms with E-state index in [1.807, 2.05) is 0 Å². The maximum atomic E-state index is 9.25. The summed E-state index contributed by atoms with van der Waals surface area (Å²) in [6, 6.07) is 0. The third kappa shape index (κ3) is 18.4. The molecule has 0 unspecified atom stereocenters. The van der Waals surface area contributed by atoms with E-state index in [9.17, 15) is 4.79 Å². The van der Waals surface area contributed by atoms with E-state index in [4.69, 9.17) is 5.11 Å². The van der Waals surface area contributed by atoms with E-state index in [-0.39, 0.29) is 0 Å². The number of rotatable bonds is 7. The van der Waals surface area contributed by atoms with Gasteiger partial charge in [0.05, 0.1) is 0 Å². The van der Waals surface area contributed by atoms with E-state index >= 15 is 0 Å². The summed E-state index contributed by atoms with van der Waals surface area (Å²) < 4.78 is 4.83. The van der Waals surface area contributed by atoms with Crippen LogP contribution in [-0.2, 0) is 4.79 Å². The molecule has 0 amide bonds. The van der Waals surface area contributed by atoms with Crippen molar-refractivity contribution < 1.29 is 9.90 Å². The zero-order valence-corrected chi connectivity index (χ0v) is 15.8. The molecule has 0 aliphatic carbocycles. The maximum absolute atomic E-state index is 9.25. The molecule has 1 radical (unpaired) electrons. The molecule has 0 fully saturated rings. The fraction of sp³-hybridized carbons (Fsp3) is 0.800. The summed E-state index contributed by atoms with van der Waals surface area (Å²) in [5.74, 6) is 1.87. The van der Waals surface area contributed by atoms with Crippen LogP contribution in [0.2, 0.25) is 13.3 Å². The van der Waals surface area contributed by atoms with Crippen LogP contribution in [-0.4, -0.2) is 30.8 Å². The van der Waals surface area contributed by atoms with Gasteiger partial charge in [0, 0.05) is 6.08 Å². The summed E-state index contributed by atoms with van der Waals surface area (Å²) in [7, 11) is 0. The summed E-state index contributed by atoms with van der Waals surface area (Å²) in [5.41, 5.74) is 0. The Hall–Kier alpha value is 0.00870. The molecule has 0 aromatic heterocycles. The van der Waals surface area contributed by atoms with E-state index < -0.39 is 25.7 Å². The minimum absolute atomic E-state index is 0.833. The number of hydrogen-bond donors (Lipinski definition) is 1. The van der Waals surface area contributed by atoms with Crippen LogP contribution in [0.25, 0.3) is 0 Å². The fourth-order valence-corrected chi connectivity index (χ4v) is 13.3. The second kappa shape index (κ2) is 12.1. The molecule has 0 heterocycles. The number of aliphatic carboxylic acids is 1. The zero-order valence-electron chi connectivity index (χ0n) is 13.0. The van der Waals surface area contributed by atoms with Crippen molar-refractivity contribution >= 4 is 25.7 Å². The van der Waals surface area contributed by atoms with Gasteiger partial charge in [-0.25, -0.2) is 4.79 Å². The van der Waals surface area contributed by atoms with Crippen molar-refractivity contribution in [1.29, 1.82) is 0 Å². The third-order valence-electron chi connectivity index (χ3n) is 2.27. The van der Waals surface area contributed by atoms with Gasteiger partial charge in [0.1, 0.15) is 0 Å². The van der Waals surface area contributed by atoms with E-state index in [1.54, 1.807) is 13.3 Å². The van der Waals surface area contributed by atoms with Crippen LogP contribution < -0.4 is 0 Å². The van der Waals surface area contributed by atoms with Gasteiger partial charge in [-0.15, -0.1) is 0 Å². The number of carboxylic acid groups (broad SMARTS) is 1. The van der Waals surface area contributed by atoms with Crippen molar-refractivity contribution in [3.63, 3.8) is 0 Å². The Labute approximate surface area is 121 Å². The molecule has 3 heteroatoms. The minimum atomic E-state index is -0.981. The van der Waals surface area contributed by atoms with Gasteiger partial charge < -0.3 is 5.11 Å². The van der Waals surface area contributed by atoms with Crippen molar-refractivity contribution in [2.24, 2.45) is 17.8 Å². The predicted octanol–water partition coefficient (Wildman–Crippen LogP) is 4.71. The topological polar surface area (TPSA) is 37.3 Å². The molecule has 107 valence electrons. The molecule has 0 saturated heterocycles. The normalized spacial score (nSPS) is 10.8. The Morgan fingerprint density at radius 1 is 1.00 bits per heavy atom. The average Bonchev–Trinajstić information content (AvgIpc) is 2.14. The van der Waals surface area contributed by atoms with Crippen LogP contribution in [0, 0.1) is 17.8 Å². The van der Waals surface area contributed by atoms with Gasteiger partial charge in [-0.05, 0) is 0 Å². The zero-order chi connectivity index (χ0) is 14.7. The Morgan fingerprint density at radius 2 is 1.22 bits per heavy atom. The Morgan fingerprint density at radius 3 is 1.33 bits per heavy atom. The molecule has 0 spiro atoms. The number of carbonyl (C=O) groups is 1. The first-order valence-electron chi connectivity index (χ1n) is 6.87. The molecule has 18 heavy (non-hydrogen) atoms. The van der Waals surface area contributed by atoms with Gasteiger partial charge in [0.15, 0.2) is 0 Å². The van der Waals surface area contributed by atoms with E-state index in [2.05, 4.69) is 48.1 Å². The van der Waals surface area contributed by atoms with Crippen LogP contribution in [0.3, 0.4) is 0 Å². The van der Waals surface area contributed by atoms with Gasteiger partial charge in [0.2, 0.25) is 0 Å². The number of hydrogen-bond acceptors (Lipinski definition) is 1. The van der Waals surface area contributed by atoms with Gasteiger partial charge in [-0.1, -0.05) is 6.58 Å². The van der Waals surface area contributed by atoms with Gasteiger partial charge in [0.25, 0.3) is 0 Å². The van der Waals surface area contributed by atoms with Crippen LogP contribution in [0.5, 0.6) is 0 Å². The summed E-state index contributed by atoms with van der Waals surface area (Å²) in [5, 5.41) is 7.60. The van der Waals surface area contributed by atoms with Crippen LogP contribution in [0.4, 0.5) is 0 Å². The second-order valence-electron chi connectivity index (χ2n) is 6.09. The molecular formula is C15H31O2Sn. The van der Waals surface area contributed by atoms with E-state index in [1.165, 1.54) is 0 Å². The molecule has 0 bridgehead atoms. The fourth-order valence-electron chi connectivity index (χ4n) is 1.98. The van der Waals surface area contributed by atoms with Crippen molar-refractivity contribution in [2.45, 2.75) is 54.9 Å². The summed E-state index contributed by atoms with van der Waals surface area (Å²) >= 11 is -0.976. The molecule has 0 aromatic rings. The molecular weight excluding hydrogens is 331 g/mol. The molecule has 0 aromatic carbocycles. The van der Waals surface area contributed by atoms with Crippen molar-refractivity contribution in [3.05, 3.63) is 12.7 Å². The van der Waals surface area contributed by atoms with Crippen LogP contribution >= 0.6 is 0 Å². The number of carboxylic acids is 1. The van der Waals surface area contributed by atoms with Crippen molar-refractivity contribution in [2.75, 3.05) is 0 Å². The Bertz CT molecular complexity index is 199. The van der Waals surface area contributed by atoms with Crippen molar-refractivity contribution in [3.8, 4) is 0 Å². The molecule has 2 nitrogen and oxygen atoms in total. The molecule has 0 rings (SSSR count). The van der Waals surface area contributed by atoms with Gasteiger partial charge in [-0.2, -0.15) is 0 Å². The average molecular weight is 362 g/mol. The van der Waals surface area contributed by atoms with Gasteiger partial charge in [-0.3, -0.25) is 0 Å². The van der Waals surface area contributed by atoms with Gasteiger partial charge >= 0.3 is 98.3 Å². The summed E-state index contributed by atoms with van der Waals surface area (Å²) in [6.45, 7) is 17.3. The summed E-state index contributed by atoms with van der Waals surface area (Å²) in [4.78, 5) is 9.25. The van der Waals surface area contributed by atoms with E-state index in [0.29, 0.717) is 0 Å². The Balaban J connectivity index is 0. The van der Waals surface area contributed by atoms with Crippen LogP contribution in [0.1, 0.15) is 41.5 Å².